The summed E-state index contributed by atoms with van der Waals surface area (Å²) in [6.07, 6.45) is 5.68. The molecule has 19 heavy (non-hydrogen) atoms. The number of rotatable bonds is 4. The molecule has 102 valence electrons. The summed E-state index contributed by atoms with van der Waals surface area (Å²) in [5, 5.41) is 0. The fourth-order valence-electron chi connectivity index (χ4n) is 4.72. The minimum absolute atomic E-state index is 0.142. The molecule has 3 aliphatic rings. The molecule has 0 spiro atoms. The first-order valence-corrected chi connectivity index (χ1v) is 6.63. The molecule has 3 fully saturated rings. The summed E-state index contributed by atoms with van der Waals surface area (Å²) in [5.74, 6) is 0.793. The lowest BCUT2D eigenvalue weighted by Crippen LogP contribution is -2.40. The fraction of sp³-hybridized carbons (Fsp3) is 0.600. The molecular weight excluding hydrogens is 244 g/mol. The van der Waals surface area contributed by atoms with E-state index in [2.05, 4.69) is 17.4 Å². The van der Waals surface area contributed by atoms with Gasteiger partial charge in [0.1, 0.15) is 0 Å². The van der Waals surface area contributed by atoms with Gasteiger partial charge in [0.05, 0.1) is 14.2 Å². The maximum absolute atomic E-state index is 11.9. The maximum atomic E-state index is 11.9. The number of hydrogen-bond donors (Lipinski definition) is 0. The normalized spacial score (nSPS) is 41.9. The smallest absolute Gasteiger partial charge is 0.334 e. The molecule has 0 aromatic heterocycles. The number of esters is 2. The van der Waals surface area contributed by atoms with E-state index in [4.69, 9.17) is 4.74 Å². The van der Waals surface area contributed by atoms with Crippen LogP contribution in [0.25, 0.3) is 0 Å². The van der Waals surface area contributed by atoms with Crippen molar-refractivity contribution in [3.05, 3.63) is 24.3 Å². The molecule has 0 saturated heterocycles. The van der Waals surface area contributed by atoms with Gasteiger partial charge in [-0.25, -0.2) is 9.59 Å². The third kappa shape index (κ3) is 1.34. The van der Waals surface area contributed by atoms with Gasteiger partial charge in [0, 0.05) is 11.6 Å². The van der Waals surface area contributed by atoms with Crippen molar-refractivity contribution in [2.75, 3.05) is 14.2 Å². The van der Waals surface area contributed by atoms with Crippen molar-refractivity contribution < 1.29 is 19.1 Å². The lowest BCUT2D eigenvalue weighted by atomic mass is 9.60. The monoisotopic (exact) mass is 262 g/mol. The van der Waals surface area contributed by atoms with Crippen LogP contribution in [0.4, 0.5) is 0 Å². The Morgan fingerprint density at radius 3 is 2.37 bits per heavy atom. The summed E-state index contributed by atoms with van der Waals surface area (Å²) in [6, 6.07) is 0. The van der Waals surface area contributed by atoms with E-state index in [0.29, 0.717) is 23.3 Å². The predicted octanol–water partition coefficient (Wildman–Crippen LogP) is 1.72. The molecular formula is C15H18O4. The highest BCUT2D eigenvalue weighted by molar-refractivity contribution is 5.97. The highest BCUT2D eigenvalue weighted by Crippen LogP contribution is 2.86. The van der Waals surface area contributed by atoms with Crippen molar-refractivity contribution in [1.29, 1.82) is 0 Å². The molecule has 0 bridgehead atoms. The SMILES string of the molecule is C=C[C@@]12[C@H]3[C@H](/C(=C/C(=O)OC)C(=O)OC)[C@@H]1CC[C@H]32. The second-order valence-corrected chi connectivity index (χ2v) is 5.66. The van der Waals surface area contributed by atoms with Crippen LogP contribution < -0.4 is 0 Å². The lowest BCUT2D eigenvalue weighted by molar-refractivity contribution is -0.140. The molecule has 3 saturated carbocycles. The Hall–Kier alpha value is -1.58. The van der Waals surface area contributed by atoms with E-state index in [1.807, 2.05) is 0 Å². The molecule has 0 N–H and O–H groups in total. The average Bonchev–Trinajstić information content (AvgIpc) is 2.86. The van der Waals surface area contributed by atoms with Crippen LogP contribution in [0.15, 0.2) is 24.3 Å². The lowest BCUT2D eigenvalue weighted by Gasteiger charge is -2.43. The molecule has 5 atom stereocenters. The molecule has 0 unspecified atom stereocenters. The quantitative estimate of drug-likeness (QED) is 0.440. The van der Waals surface area contributed by atoms with E-state index in [9.17, 15) is 9.59 Å². The van der Waals surface area contributed by atoms with Crippen LogP contribution in [-0.2, 0) is 19.1 Å². The minimum Gasteiger partial charge on any atom is -0.466 e. The summed E-state index contributed by atoms with van der Waals surface area (Å²) < 4.78 is 9.45. The van der Waals surface area contributed by atoms with Crippen molar-refractivity contribution in [2.45, 2.75) is 12.8 Å². The second kappa shape index (κ2) is 3.95. The molecule has 3 aliphatic carbocycles. The first-order valence-electron chi connectivity index (χ1n) is 6.63. The number of methoxy groups -OCH3 is 2. The van der Waals surface area contributed by atoms with Crippen molar-refractivity contribution in [3.8, 4) is 0 Å². The van der Waals surface area contributed by atoms with Crippen LogP contribution in [0.3, 0.4) is 0 Å². The Morgan fingerprint density at radius 1 is 1.21 bits per heavy atom. The topological polar surface area (TPSA) is 52.6 Å². The first-order chi connectivity index (χ1) is 9.11. The molecule has 0 amide bonds. The van der Waals surface area contributed by atoms with Gasteiger partial charge in [-0.15, -0.1) is 6.58 Å². The average molecular weight is 262 g/mol. The molecule has 0 radical (unpaired) electrons. The van der Waals surface area contributed by atoms with Crippen molar-refractivity contribution in [3.63, 3.8) is 0 Å². The minimum atomic E-state index is -0.493. The third-order valence-corrected chi connectivity index (χ3v) is 5.40. The number of carbonyl (C=O) groups excluding carboxylic acids is 2. The predicted molar refractivity (Wildman–Crippen MR) is 67.9 cm³/mol. The van der Waals surface area contributed by atoms with E-state index in [1.165, 1.54) is 26.7 Å². The molecule has 0 aromatic carbocycles. The van der Waals surface area contributed by atoms with E-state index < -0.39 is 11.9 Å². The number of carbonyl (C=O) groups is 2. The van der Waals surface area contributed by atoms with Gasteiger partial charge in [-0.05, 0) is 41.9 Å². The Morgan fingerprint density at radius 2 is 1.89 bits per heavy atom. The Bertz CT molecular complexity index is 492. The van der Waals surface area contributed by atoms with Crippen molar-refractivity contribution in [1.82, 2.24) is 0 Å². The largest absolute Gasteiger partial charge is 0.466 e. The number of hydrogen-bond acceptors (Lipinski definition) is 4. The Labute approximate surface area is 112 Å². The zero-order chi connectivity index (χ0) is 13.8. The number of ether oxygens (including phenoxy) is 2. The van der Waals surface area contributed by atoms with E-state index in [0.717, 1.165) is 6.42 Å². The van der Waals surface area contributed by atoms with Crippen LogP contribution in [0, 0.1) is 29.1 Å². The first kappa shape index (κ1) is 12.5. The van der Waals surface area contributed by atoms with Gasteiger partial charge in [-0.3, -0.25) is 0 Å². The van der Waals surface area contributed by atoms with E-state index >= 15 is 0 Å². The standard InChI is InChI=1S/C15H18O4/c1-4-15-9-5-6-10(15)13(15)12(9)8(14(17)19-3)7-11(16)18-2/h4,7,9-10,12-13H,1,5-6H2,2-3H3/b8-7-/t9-,10+,12+,13+,15+/m0/s1. The second-order valence-electron chi connectivity index (χ2n) is 5.66. The van der Waals surface area contributed by atoms with Crippen LogP contribution in [0.2, 0.25) is 0 Å². The highest BCUT2D eigenvalue weighted by atomic mass is 16.5. The molecule has 3 rings (SSSR count). The van der Waals surface area contributed by atoms with Crippen LogP contribution in [0.1, 0.15) is 12.8 Å². The van der Waals surface area contributed by atoms with Crippen molar-refractivity contribution in [2.24, 2.45) is 29.1 Å². The summed E-state index contributed by atoms with van der Waals surface area (Å²) in [5.41, 5.74) is 0.720. The molecule has 4 nitrogen and oxygen atoms in total. The van der Waals surface area contributed by atoms with E-state index in [-0.39, 0.29) is 11.3 Å². The van der Waals surface area contributed by atoms with Gasteiger partial charge < -0.3 is 9.47 Å². The zero-order valence-corrected chi connectivity index (χ0v) is 11.2. The Balaban J connectivity index is 1.88. The summed E-state index contributed by atoms with van der Waals surface area (Å²) in [7, 11) is 2.66. The highest BCUT2D eigenvalue weighted by Gasteiger charge is 2.82. The number of fused-ring (bicyclic) bond motifs is 1. The van der Waals surface area contributed by atoms with Gasteiger partial charge in [-0.1, -0.05) is 6.08 Å². The summed E-state index contributed by atoms with van der Waals surface area (Å²) in [6.45, 7) is 3.95. The van der Waals surface area contributed by atoms with Gasteiger partial charge in [0.15, 0.2) is 0 Å². The third-order valence-electron chi connectivity index (χ3n) is 5.40. The van der Waals surface area contributed by atoms with Gasteiger partial charge >= 0.3 is 11.9 Å². The van der Waals surface area contributed by atoms with Crippen LogP contribution >= 0.6 is 0 Å². The van der Waals surface area contributed by atoms with Crippen molar-refractivity contribution >= 4 is 11.9 Å². The zero-order valence-electron chi connectivity index (χ0n) is 11.2. The Kier molecular flexibility index (Phi) is 2.59. The molecule has 0 aromatic rings. The summed E-state index contributed by atoms with van der Waals surface area (Å²) >= 11 is 0. The number of allylic oxidation sites excluding steroid dienone is 1. The van der Waals surface area contributed by atoms with Gasteiger partial charge in [0.2, 0.25) is 0 Å². The van der Waals surface area contributed by atoms with Gasteiger partial charge in [-0.2, -0.15) is 0 Å². The maximum Gasteiger partial charge on any atom is 0.334 e. The van der Waals surface area contributed by atoms with E-state index in [1.54, 1.807) is 0 Å². The fourth-order valence-corrected chi connectivity index (χ4v) is 4.72. The molecule has 0 heterocycles. The molecule has 0 aliphatic heterocycles. The van der Waals surface area contributed by atoms with Crippen LogP contribution in [-0.4, -0.2) is 26.2 Å². The summed E-state index contributed by atoms with van der Waals surface area (Å²) in [4.78, 5) is 23.3. The van der Waals surface area contributed by atoms with Crippen LogP contribution in [0.5, 0.6) is 0 Å². The van der Waals surface area contributed by atoms with Gasteiger partial charge in [0.25, 0.3) is 0 Å². The molecule has 4 heteroatoms.